The van der Waals surface area contributed by atoms with E-state index in [1.54, 1.807) is 0 Å². The molecule has 2 unspecified atom stereocenters. The average molecular weight is 217 g/mol. The van der Waals surface area contributed by atoms with E-state index in [-0.39, 0.29) is 12.1 Å². The van der Waals surface area contributed by atoms with Gasteiger partial charge in [-0.3, -0.25) is 0 Å². The summed E-state index contributed by atoms with van der Waals surface area (Å²) in [4.78, 5) is 0. The minimum atomic E-state index is -0.317. The summed E-state index contributed by atoms with van der Waals surface area (Å²) in [7, 11) is 0. The standard InChI is InChI=1S/C11H23NOS/c1-4-14-9-7-11(12,8-13)6-5-10(9,2)3/h9,13H,4-8,12H2,1-3H3. The fraction of sp³-hybridized carbons (Fsp3) is 1.00. The molecule has 1 saturated carbocycles. The van der Waals surface area contributed by atoms with Gasteiger partial charge in [-0.05, 0) is 30.4 Å². The maximum absolute atomic E-state index is 9.27. The molecule has 0 aromatic heterocycles. The second kappa shape index (κ2) is 4.42. The molecule has 0 aromatic rings. The molecule has 1 fully saturated rings. The number of thioether (sulfide) groups is 1. The molecule has 0 spiro atoms. The molecule has 14 heavy (non-hydrogen) atoms. The van der Waals surface area contributed by atoms with E-state index in [1.165, 1.54) is 0 Å². The zero-order chi connectivity index (χ0) is 10.8. The molecule has 0 radical (unpaired) electrons. The topological polar surface area (TPSA) is 46.2 Å². The molecule has 3 heteroatoms. The van der Waals surface area contributed by atoms with E-state index in [0.29, 0.717) is 10.7 Å². The summed E-state index contributed by atoms with van der Waals surface area (Å²) in [5.41, 5.74) is 6.19. The lowest BCUT2D eigenvalue weighted by Gasteiger charge is -2.46. The van der Waals surface area contributed by atoms with E-state index in [0.717, 1.165) is 25.0 Å². The quantitative estimate of drug-likeness (QED) is 0.760. The first-order valence-electron chi connectivity index (χ1n) is 5.45. The highest BCUT2D eigenvalue weighted by molar-refractivity contribution is 7.99. The van der Waals surface area contributed by atoms with Crippen LogP contribution < -0.4 is 5.73 Å². The molecule has 0 amide bonds. The molecule has 0 bridgehead atoms. The summed E-state index contributed by atoms with van der Waals surface area (Å²) in [6.07, 6.45) is 3.04. The summed E-state index contributed by atoms with van der Waals surface area (Å²) in [6.45, 7) is 6.95. The van der Waals surface area contributed by atoms with Gasteiger partial charge in [0.2, 0.25) is 0 Å². The van der Waals surface area contributed by atoms with Crippen LogP contribution in [0.15, 0.2) is 0 Å². The maximum atomic E-state index is 9.27. The van der Waals surface area contributed by atoms with Gasteiger partial charge in [-0.1, -0.05) is 20.8 Å². The lowest BCUT2D eigenvalue weighted by Crippen LogP contribution is -2.53. The number of aliphatic hydroxyl groups is 1. The van der Waals surface area contributed by atoms with Crippen LogP contribution in [0.5, 0.6) is 0 Å². The van der Waals surface area contributed by atoms with E-state index >= 15 is 0 Å². The van der Waals surface area contributed by atoms with Crippen molar-refractivity contribution >= 4 is 11.8 Å². The number of hydrogen-bond acceptors (Lipinski definition) is 3. The molecule has 1 aliphatic carbocycles. The van der Waals surface area contributed by atoms with E-state index in [9.17, 15) is 5.11 Å². The Bertz CT molecular complexity index is 196. The molecular weight excluding hydrogens is 194 g/mol. The molecule has 0 saturated heterocycles. The predicted molar refractivity (Wildman–Crippen MR) is 63.6 cm³/mol. The Labute approximate surface area is 91.6 Å². The fourth-order valence-electron chi connectivity index (χ4n) is 2.11. The highest BCUT2D eigenvalue weighted by Gasteiger charge is 2.42. The van der Waals surface area contributed by atoms with Crippen LogP contribution in [0.1, 0.15) is 40.0 Å². The molecule has 2 nitrogen and oxygen atoms in total. The third kappa shape index (κ3) is 2.65. The minimum Gasteiger partial charge on any atom is -0.394 e. The summed E-state index contributed by atoms with van der Waals surface area (Å²) in [5, 5.41) is 9.87. The summed E-state index contributed by atoms with van der Waals surface area (Å²) in [6, 6.07) is 0. The molecule has 3 N–H and O–H groups in total. The van der Waals surface area contributed by atoms with Gasteiger partial charge in [-0.15, -0.1) is 0 Å². The molecule has 2 atom stereocenters. The van der Waals surface area contributed by atoms with Crippen LogP contribution >= 0.6 is 11.8 Å². The first-order valence-corrected chi connectivity index (χ1v) is 6.50. The van der Waals surface area contributed by atoms with Crippen molar-refractivity contribution in [1.29, 1.82) is 0 Å². The van der Waals surface area contributed by atoms with Gasteiger partial charge < -0.3 is 10.8 Å². The van der Waals surface area contributed by atoms with Crippen LogP contribution in [0.4, 0.5) is 0 Å². The van der Waals surface area contributed by atoms with Crippen molar-refractivity contribution in [2.75, 3.05) is 12.4 Å². The second-order valence-corrected chi connectivity index (χ2v) is 6.64. The molecule has 84 valence electrons. The monoisotopic (exact) mass is 217 g/mol. The molecule has 0 aromatic carbocycles. The van der Waals surface area contributed by atoms with Gasteiger partial charge in [0.05, 0.1) is 6.61 Å². The van der Waals surface area contributed by atoms with E-state index in [4.69, 9.17) is 5.73 Å². The fourth-order valence-corrected chi connectivity index (χ4v) is 3.53. The van der Waals surface area contributed by atoms with Gasteiger partial charge in [0.15, 0.2) is 0 Å². The van der Waals surface area contributed by atoms with Gasteiger partial charge in [0.1, 0.15) is 0 Å². The average Bonchev–Trinajstić information content (AvgIpc) is 2.13. The number of nitrogens with two attached hydrogens (primary N) is 1. The van der Waals surface area contributed by atoms with E-state index < -0.39 is 0 Å². The highest BCUT2D eigenvalue weighted by atomic mass is 32.2. The lowest BCUT2D eigenvalue weighted by molar-refractivity contribution is 0.110. The van der Waals surface area contributed by atoms with Crippen molar-refractivity contribution in [3.63, 3.8) is 0 Å². The number of aliphatic hydroxyl groups excluding tert-OH is 1. The zero-order valence-corrected chi connectivity index (χ0v) is 10.4. The van der Waals surface area contributed by atoms with Crippen molar-refractivity contribution in [2.24, 2.45) is 11.1 Å². The Hall–Kier alpha value is 0.270. The summed E-state index contributed by atoms with van der Waals surface area (Å²) in [5.74, 6) is 1.13. The van der Waals surface area contributed by atoms with Crippen LogP contribution in [0.2, 0.25) is 0 Å². The zero-order valence-electron chi connectivity index (χ0n) is 9.55. The summed E-state index contributed by atoms with van der Waals surface area (Å²) < 4.78 is 0. The smallest absolute Gasteiger partial charge is 0.0611 e. The number of hydrogen-bond donors (Lipinski definition) is 2. The normalized spacial score (nSPS) is 37.1. The molecule has 0 aliphatic heterocycles. The van der Waals surface area contributed by atoms with Crippen molar-refractivity contribution in [2.45, 2.75) is 50.8 Å². The maximum Gasteiger partial charge on any atom is 0.0611 e. The van der Waals surface area contributed by atoms with Gasteiger partial charge in [0.25, 0.3) is 0 Å². The SMILES string of the molecule is CCSC1CC(N)(CO)CCC1(C)C. The van der Waals surface area contributed by atoms with Gasteiger partial charge in [-0.25, -0.2) is 0 Å². The molecule has 1 aliphatic rings. The van der Waals surface area contributed by atoms with Gasteiger partial charge in [0, 0.05) is 10.8 Å². The number of rotatable bonds is 3. The highest BCUT2D eigenvalue weighted by Crippen LogP contribution is 2.45. The molecule has 1 rings (SSSR count). The molecular formula is C11H23NOS. The van der Waals surface area contributed by atoms with Crippen LogP contribution in [-0.2, 0) is 0 Å². The Balaban J connectivity index is 2.67. The van der Waals surface area contributed by atoms with Crippen molar-refractivity contribution in [3.8, 4) is 0 Å². The largest absolute Gasteiger partial charge is 0.394 e. The first-order chi connectivity index (χ1) is 6.43. The lowest BCUT2D eigenvalue weighted by atomic mass is 9.69. The van der Waals surface area contributed by atoms with Crippen LogP contribution in [0.3, 0.4) is 0 Å². The predicted octanol–water partition coefficient (Wildman–Crippen LogP) is 2.01. The summed E-state index contributed by atoms with van der Waals surface area (Å²) >= 11 is 1.99. The van der Waals surface area contributed by atoms with Crippen LogP contribution in [0, 0.1) is 5.41 Å². The Morgan fingerprint density at radius 1 is 1.43 bits per heavy atom. The van der Waals surface area contributed by atoms with Crippen molar-refractivity contribution in [1.82, 2.24) is 0 Å². The van der Waals surface area contributed by atoms with Crippen molar-refractivity contribution < 1.29 is 5.11 Å². The van der Waals surface area contributed by atoms with Gasteiger partial charge >= 0.3 is 0 Å². The van der Waals surface area contributed by atoms with E-state index in [2.05, 4.69) is 20.8 Å². The third-order valence-corrected chi connectivity index (χ3v) is 4.95. The Morgan fingerprint density at radius 3 is 2.57 bits per heavy atom. The van der Waals surface area contributed by atoms with E-state index in [1.807, 2.05) is 11.8 Å². The Morgan fingerprint density at radius 2 is 2.07 bits per heavy atom. The van der Waals surface area contributed by atoms with Crippen LogP contribution in [0.25, 0.3) is 0 Å². The van der Waals surface area contributed by atoms with Crippen molar-refractivity contribution in [3.05, 3.63) is 0 Å². The molecule has 0 heterocycles. The second-order valence-electron chi connectivity index (χ2n) is 5.16. The van der Waals surface area contributed by atoms with Gasteiger partial charge in [-0.2, -0.15) is 11.8 Å². The third-order valence-electron chi connectivity index (χ3n) is 3.41. The minimum absolute atomic E-state index is 0.129. The first kappa shape index (κ1) is 12.3. The Kier molecular flexibility index (Phi) is 3.89. The van der Waals surface area contributed by atoms with Crippen LogP contribution in [-0.4, -0.2) is 28.3 Å².